The van der Waals surface area contributed by atoms with Crippen molar-refractivity contribution in [2.75, 3.05) is 0 Å². The quantitative estimate of drug-likeness (QED) is 0.114. The SMILES string of the molecule is c1ccc(-c2nc(-c3ccc4ccccc4c3)nc(-c3cc(-c4ccc5oc6ccccc6c5c4)c4ccccc4c3)n2)cc1.c1ccc(-c2nc(-c3ccccc3)nc(-c3cc(-c4ccc5c(c4)oc4ccccc45)c4ccccc4c3)n2)cc1.c1ccc2cc(-c3nc(-c4ccc5ccccc5c4)nc(-c4cc(-c5ccc6oc7ccccc7c6c5)c5ccccc5c4)n3)ccc2c1. The van der Waals surface area contributed by atoms with Gasteiger partial charge in [0.25, 0.3) is 0 Å². The van der Waals surface area contributed by atoms with Crippen molar-refractivity contribution in [1.29, 1.82) is 0 Å². The summed E-state index contributed by atoms with van der Waals surface area (Å²) < 4.78 is 18.5. The normalized spacial score (nSPS) is 11.6. The lowest BCUT2D eigenvalue weighted by molar-refractivity contribution is 0.668. The molecule has 0 aliphatic carbocycles. The molecule has 27 rings (SSSR count). The van der Waals surface area contributed by atoms with Gasteiger partial charge in [0.05, 0.1) is 0 Å². The molecule has 6 heterocycles. The van der Waals surface area contributed by atoms with E-state index in [0.29, 0.717) is 52.4 Å². The number of rotatable bonds is 12. The van der Waals surface area contributed by atoms with E-state index in [0.717, 1.165) is 192 Å². The first-order valence-corrected chi connectivity index (χ1v) is 45.1. The molecule has 6 aromatic heterocycles. The second kappa shape index (κ2) is 33.6. The Balaban J connectivity index is 0.000000108. The Morgan fingerprint density at radius 1 is 0.111 bits per heavy atom. The second-order valence-corrected chi connectivity index (χ2v) is 33.9. The highest BCUT2D eigenvalue weighted by atomic mass is 16.3. The number of fused-ring (bicyclic) bond motifs is 15. The van der Waals surface area contributed by atoms with Crippen molar-refractivity contribution >= 4 is 130 Å². The van der Waals surface area contributed by atoms with Crippen molar-refractivity contribution in [2.24, 2.45) is 0 Å². The fourth-order valence-corrected chi connectivity index (χ4v) is 18.8. The Labute approximate surface area is 774 Å². The first-order chi connectivity index (χ1) is 66.8. The lowest BCUT2D eigenvalue weighted by Crippen LogP contribution is -2.00. The molecule has 0 saturated carbocycles. The van der Waals surface area contributed by atoms with E-state index in [1.165, 1.54) is 21.5 Å². The zero-order valence-corrected chi connectivity index (χ0v) is 72.6. The molecule has 0 spiro atoms. The van der Waals surface area contributed by atoms with Crippen molar-refractivity contribution in [3.05, 3.63) is 455 Å². The molecule has 0 radical (unpaired) electrons. The molecule has 0 amide bonds. The molecular weight excluding hydrogens is 1650 g/mol. The third-order valence-electron chi connectivity index (χ3n) is 25.5. The molecule has 135 heavy (non-hydrogen) atoms. The molecule has 0 aliphatic heterocycles. The van der Waals surface area contributed by atoms with Crippen LogP contribution < -0.4 is 0 Å². The average molecular weight is 1730 g/mol. The number of para-hydroxylation sites is 3. The number of furan rings is 3. The van der Waals surface area contributed by atoms with Crippen LogP contribution >= 0.6 is 0 Å². The molecule has 27 aromatic rings. The number of nitrogens with zero attached hydrogens (tertiary/aromatic N) is 9. The number of hydrogen-bond acceptors (Lipinski definition) is 12. The van der Waals surface area contributed by atoms with Crippen LogP contribution in [0.5, 0.6) is 0 Å². The van der Waals surface area contributed by atoms with Crippen molar-refractivity contribution < 1.29 is 13.3 Å². The predicted octanol–water partition coefficient (Wildman–Crippen LogP) is 32.2. The van der Waals surface area contributed by atoms with Crippen molar-refractivity contribution in [2.45, 2.75) is 0 Å². The van der Waals surface area contributed by atoms with Gasteiger partial charge in [-0.3, -0.25) is 0 Å². The summed E-state index contributed by atoms with van der Waals surface area (Å²) in [6, 6.07) is 157. The topological polar surface area (TPSA) is 155 Å². The third kappa shape index (κ3) is 15.1. The highest BCUT2D eigenvalue weighted by molar-refractivity contribution is 6.12. The Hall–Kier alpha value is -18.4. The monoisotopic (exact) mass is 1730 g/mol. The molecule has 0 unspecified atom stereocenters. The Kier molecular flexibility index (Phi) is 19.6. The van der Waals surface area contributed by atoms with Crippen LogP contribution in [0.2, 0.25) is 0 Å². The summed E-state index contributed by atoms with van der Waals surface area (Å²) in [5.41, 5.74) is 20.4. The fraction of sp³-hybridized carbons (Fsp3) is 0. The first kappa shape index (κ1) is 78.8. The molecular formula is C123H75N9O3. The van der Waals surface area contributed by atoms with E-state index in [1.54, 1.807) is 0 Å². The van der Waals surface area contributed by atoms with Gasteiger partial charge in [-0.2, -0.15) is 0 Å². The van der Waals surface area contributed by atoms with Gasteiger partial charge in [-0.1, -0.05) is 346 Å². The fourth-order valence-electron chi connectivity index (χ4n) is 18.8. The summed E-state index contributed by atoms with van der Waals surface area (Å²) in [5.74, 6) is 5.75. The van der Waals surface area contributed by atoms with Gasteiger partial charge in [-0.15, -0.1) is 0 Å². The average Bonchev–Trinajstić information content (AvgIpc) is 1.65. The lowest BCUT2D eigenvalue weighted by Gasteiger charge is -2.13. The number of aromatic nitrogens is 9. The van der Waals surface area contributed by atoms with Crippen LogP contribution in [0.1, 0.15) is 0 Å². The molecule has 21 aromatic carbocycles. The highest BCUT2D eigenvalue weighted by Crippen LogP contribution is 2.44. The van der Waals surface area contributed by atoms with Gasteiger partial charge in [0.15, 0.2) is 52.4 Å². The Bertz CT molecular complexity index is 9200. The van der Waals surface area contributed by atoms with Gasteiger partial charge in [0, 0.05) is 82.4 Å². The summed E-state index contributed by atoms with van der Waals surface area (Å²) in [7, 11) is 0. The Morgan fingerprint density at radius 3 is 0.674 bits per heavy atom. The van der Waals surface area contributed by atoms with E-state index in [2.05, 4.69) is 322 Å². The van der Waals surface area contributed by atoms with Crippen LogP contribution in [0.15, 0.2) is 468 Å². The maximum atomic E-state index is 6.24. The predicted molar refractivity (Wildman–Crippen MR) is 552 cm³/mol. The summed E-state index contributed by atoms with van der Waals surface area (Å²) >= 11 is 0. The number of hydrogen-bond donors (Lipinski definition) is 0. The molecule has 0 fully saturated rings. The zero-order chi connectivity index (χ0) is 89.2. The molecule has 12 heteroatoms. The van der Waals surface area contributed by atoms with Gasteiger partial charge < -0.3 is 13.3 Å². The minimum Gasteiger partial charge on any atom is -0.456 e. The van der Waals surface area contributed by atoms with Gasteiger partial charge in [0.1, 0.15) is 33.5 Å². The molecule has 630 valence electrons. The summed E-state index contributed by atoms with van der Waals surface area (Å²) in [5, 5.41) is 20.5. The standard InChI is InChI=1S/C45H27N3O.C41H25N3O.C37H23N3O/c1-3-11-30-23-34(19-17-28(30)9-1)43-46-44(35-20-18-29-10-2-4-12-31(29)24-35)48-45(47-43)36-25-32-13-5-6-14-37(32)39(27-36)33-21-22-42-40(26-33)38-15-7-8-16-41(38)49-42;1-2-11-27(12-3-1)39-42-40(31-19-18-26-10-4-5-13-28(26)22-31)44-41(43-39)32-23-29-14-6-7-15-33(29)35(25-32)30-20-21-38-36(24-30)34-16-8-9-17-37(34)45-38;1-3-11-24(12-4-1)35-38-36(25-13-5-2-6-14-25)40-37(39-35)28-21-26-15-7-8-16-29(26)32(22-28)27-19-20-31-30-17-9-10-18-33(30)41-34(31)23-27/h1-27H;1-25H;1-23H. The van der Waals surface area contributed by atoms with Crippen molar-refractivity contribution in [3.63, 3.8) is 0 Å². The van der Waals surface area contributed by atoms with Crippen molar-refractivity contribution in [1.82, 2.24) is 44.9 Å². The number of benzene rings is 21. The van der Waals surface area contributed by atoms with E-state index in [1.807, 2.05) is 133 Å². The van der Waals surface area contributed by atoms with Crippen LogP contribution in [0.3, 0.4) is 0 Å². The molecule has 12 nitrogen and oxygen atoms in total. The van der Waals surface area contributed by atoms with Crippen molar-refractivity contribution in [3.8, 4) is 136 Å². The van der Waals surface area contributed by atoms with E-state index < -0.39 is 0 Å². The largest absolute Gasteiger partial charge is 0.456 e. The van der Waals surface area contributed by atoms with E-state index in [9.17, 15) is 0 Å². The molecule has 0 aliphatic rings. The summed E-state index contributed by atoms with van der Waals surface area (Å²) in [4.78, 5) is 45.3. The van der Waals surface area contributed by atoms with E-state index >= 15 is 0 Å². The Morgan fingerprint density at radius 2 is 0.333 bits per heavy atom. The van der Waals surface area contributed by atoms with Crippen LogP contribution in [-0.4, -0.2) is 44.9 Å². The van der Waals surface area contributed by atoms with Gasteiger partial charge >= 0.3 is 0 Å². The van der Waals surface area contributed by atoms with Gasteiger partial charge in [0.2, 0.25) is 0 Å². The molecule has 0 atom stereocenters. The maximum Gasteiger partial charge on any atom is 0.164 e. The molecule has 0 saturated heterocycles. The first-order valence-electron chi connectivity index (χ1n) is 45.1. The molecule has 0 bridgehead atoms. The van der Waals surface area contributed by atoms with Crippen LogP contribution in [-0.2, 0) is 0 Å². The van der Waals surface area contributed by atoms with Gasteiger partial charge in [-0.25, -0.2) is 44.9 Å². The zero-order valence-electron chi connectivity index (χ0n) is 72.6. The summed E-state index contributed by atoms with van der Waals surface area (Å²) in [6.07, 6.45) is 0. The molecule has 0 N–H and O–H groups in total. The third-order valence-corrected chi connectivity index (χ3v) is 25.5. The van der Waals surface area contributed by atoms with Gasteiger partial charge in [-0.05, 0) is 207 Å². The highest BCUT2D eigenvalue weighted by Gasteiger charge is 2.23. The van der Waals surface area contributed by atoms with E-state index in [-0.39, 0.29) is 0 Å². The second-order valence-electron chi connectivity index (χ2n) is 33.9. The smallest absolute Gasteiger partial charge is 0.164 e. The maximum absolute atomic E-state index is 6.24. The summed E-state index contributed by atoms with van der Waals surface area (Å²) in [6.45, 7) is 0. The van der Waals surface area contributed by atoms with E-state index in [4.69, 9.17) is 58.1 Å². The van der Waals surface area contributed by atoms with Crippen LogP contribution in [0.25, 0.3) is 266 Å². The minimum atomic E-state index is 0.628. The minimum absolute atomic E-state index is 0.628. The lowest BCUT2D eigenvalue weighted by atomic mass is 9.94. The van der Waals surface area contributed by atoms with Crippen LogP contribution in [0, 0.1) is 0 Å². The van der Waals surface area contributed by atoms with Crippen LogP contribution in [0.4, 0.5) is 0 Å².